The van der Waals surface area contributed by atoms with E-state index in [0.717, 1.165) is 0 Å². The van der Waals surface area contributed by atoms with Gasteiger partial charge in [0.05, 0.1) is 22.7 Å². The number of aromatic hydroxyl groups is 1. The zero-order valence-electron chi connectivity index (χ0n) is 7.43. The summed E-state index contributed by atoms with van der Waals surface area (Å²) in [5.74, 6) is -1.13. The standard InChI is InChI=1S/C9H8N2O3/c1-11-7-2-5(9(13)14)3-8(12)6(7)4-10-11/h2-4,12H,1H3,(H,13,14). The van der Waals surface area contributed by atoms with Crippen molar-refractivity contribution in [1.29, 1.82) is 0 Å². The van der Waals surface area contributed by atoms with Gasteiger partial charge in [0.15, 0.2) is 0 Å². The Bertz CT molecular complexity index is 516. The molecule has 5 heteroatoms. The maximum absolute atomic E-state index is 10.7. The lowest BCUT2D eigenvalue weighted by molar-refractivity contribution is 0.0696. The molecule has 0 saturated carbocycles. The maximum atomic E-state index is 10.7. The molecule has 2 rings (SSSR count). The van der Waals surface area contributed by atoms with E-state index >= 15 is 0 Å². The Morgan fingerprint density at radius 2 is 2.21 bits per heavy atom. The van der Waals surface area contributed by atoms with Crippen molar-refractivity contribution in [1.82, 2.24) is 9.78 Å². The first-order valence-corrected chi connectivity index (χ1v) is 3.97. The second-order valence-electron chi connectivity index (χ2n) is 3.00. The normalized spacial score (nSPS) is 10.6. The zero-order chi connectivity index (χ0) is 10.3. The van der Waals surface area contributed by atoms with E-state index in [0.29, 0.717) is 10.9 Å². The lowest BCUT2D eigenvalue weighted by Gasteiger charge is -1.99. The number of carboxylic acids is 1. The zero-order valence-corrected chi connectivity index (χ0v) is 7.43. The fourth-order valence-corrected chi connectivity index (χ4v) is 1.35. The van der Waals surface area contributed by atoms with Crippen molar-refractivity contribution in [3.63, 3.8) is 0 Å². The SMILES string of the molecule is Cn1ncc2c(O)cc(C(=O)O)cc21. The van der Waals surface area contributed by atoms with Crippen LogP contribution < -0.4 is 0 Å². The quantitative estimate of drug-likeness (QED) is 0.706. The second-order valence-corrected chi connectivity index (χ2v) is 3.00. The van der Waals surface area contributed by atoms with Gasteiger partial charge in [-0.15, -0.1) is 0 Å². The highest BCUT2D eigenvalue weighted by atomic mass is 16.4. The van der Waals surface area contributed by atoms with Gasteiger partial charge in [0.2, 0.25) is 0 Å². The Balaban J connectivity index is 2.82. The van der Waals surface area contributed by atoms with Crippen LogP contribution >= 0.6 is 0 Å². The number of carbonyl (C=O) groups is 1. The third-order valence-corrected chi connectivity index (χ3v) is 2.09. The molecule has 2 aromatic rings. The summed E-state index contributed by atoms with van der Waals surface area (Å²) in [6, 6.07) is 2.69. The first kappa shape index (κ1) is 8.55. The Kier molecular flexibility index (Phi) is 1.67. The molecule has 1 heterocycles. The van der Waals surface area contributed by atoms with Gasteiger partial charge in [-0.2, -0.15) is 5.10 Å². The predicted molar refractivity (Wildman–Crippen MR) is 49.3 cm³/mol. The van der Waals surface area contributed by atoms with Crippen molar-refractivity contribution >= 4 is 16.9 Å². The summed E-state index contributed by atoms with van der Waals surface area (Å²) < 4.78 is 1.52. The summed E-state index contributed by atoms with van der Waals surface area (Å²) in [4.78, 5) is 10.7. The highest BCUT2D eigenvalue weighted by molar-refractivity contribution is 5.95. The minimum absolute atomic E-state index is 0.0543. The molecule has 0 unspecified atom stereocenters. The predicted octanol–water partition coefficient (Wildman–Crippen LogP) is 0.977. The smallest absolute Gasteiger partial charge is 0.335 e. The molecule has 0 atom stereocenters. The van der Waals surface area contributed by atoms with Crippen molar-refractivity contribution in [3.8, 4) is 5.75 Å². The molecular formula is C9H8N2O3. The molecule has 0 radical (unpaired) electrons. The van der Waals surface area contributed by atoms with E-state index < -0.39 is 5.97 Å². The molecule has 14 heavy (non-hydrogen) atoms. The van der Waals surface area contributed by atoms with Gasteiger partial charge in [0, 0.05) is 7.05 Å². The summed E-state index contributed by atoms with van der Waals surface area (Å²) in [7, 11) is 1.69. The fraction of sp³-hybridized carbons (Fsp3) is 0.111. The van der Waals surface area contributed by atoms with Crippen LogP contribution in [0.2, 0.25) is 0 Å². The van der Waals surface area contributed by atoms with Gasteiger partial charge in [0.25, 0.3) is 0 Å². The number of phenolic OH excluding ortho intramolecular Hbond substituents is 1. The van der Waals surface area contributed by atoms with Crippen LogP contribution in [-0.4, -0.2) is 26.0 Å². The van der Waals surface area contributed by atoms with E-state index in [1.807, 2.05) is 0 Å². The summed E-state index contributed by atoms with van der Waals surface area (Å²) >= 11 is 0. The molecule has 0 saturated heterocycles. The molecule has 0 spiro atoms. The Labute approximate surface area is 79.2 Å². The van der Waals surface area contributed by atoms with Crippen LogP contribution in [-0.2, 0) is 7.05 Å². The third-order valence-electron chi connectivity index (χ3n) is 2.09. The minimum atomic E-state index is -1.07. The number of aromatic nitrogens is 2. The van der Waals surface area contributed by atoms with Crippen LogP contribution in [0.5, 0.6) is 5.75 Å². The number of aryl methyl sites for hydroxylation is 1. The van der Waals surface area contributed by atoms with Gasteiger partial charge in [-0.1, -0.05) is 0 Å². The molecule has 2 N–H and O–H groups in total. The van der Waals surface area contributed by atoms with Gasteiger partial charge in [-0.3, -0.25) is 4.68 Å². The van der Waals surface area contributed by atoms with Gasteiger partial charge >= 0.3 is 5.97 Å². The molecular weight excluding hydrogens is 184 g/mol. The molecule has 0 fully saturated rings. The summed E-state index contributed by atoms with van der Waals surface area (Å²) in [6.45, 7) is 0. The highest BCUT2D eigenvalue weighted by Crippen LogP contribution is 2.25. The lowest BCUT2D eigenvalue weighted by atomic mass is 10.1. The maximum Gasteiger partial charge on any atom is 0.335 e. The van der Waals surface area contributed by atoms with Crippen LogP contribution in [0, 0.1) is 0 Å². The van der Waals surface area contributed by atoms with Crippen LogP contribution in [0.3, 0.4) is 0 Å². The average Bonchev–Trinajstić information content (AvgIpc) is 2.48. The van der Waals surface area contributed by atoms with E-state index in [1.54, 1.807) is 7.05 Å². The van der Waals surface area contributed by atoms with Gasteiger partial charge in [0.1, 0.15) is 5.75 Å². The van der Waals surface area contributed by atoms with Crippen molar-refractivity contribution < 1.29 is 15.0 Å². The first-order valence-electron chi connectivity index (χ1n) is 3.97. The Morgan fingerprint density at radius 1 is 1.50 bits per heavy atom. The molecule has 0 aliphatic heterocycles. The lowest BCUT2D eigenvalue weighted by Crippen LogP contribution is -1.97. The van der Waals surface area contributed by atoms with E-state index in [4.69, 9.17) is 5.11 Å². The number of carboxylic acid groups (broad SMARTS) is 1. The number of aromatic carboxylic acids is 1. The number of phenols is 1. The minimum Gasteiger partial charge on any atom is -0.507 e. The van der Waals surface area contributed by atoms with E-state index in [1.165, 1.54) is 23.0 Å². The number of rotatable bonds is 1. The van der Waals surface area contributed by atoms with Crippen molar-refractivity contribution in [3.05, 3.63) is 23.9 Å². The molecule has 0 amide bonds. The Hall–Kier alpha value is -2.04. The number of benzene rings is 1. The fourth-order valence-electron chi connectivity index (χ4n) is 1.35. The number of hydrogen-bond acceptors (Lipinski definition) is 3. The van der Waals surface area contributed by atoms with E-state index in [-0.39, 0.29) is 11.3 Å². The summed E-state index contributed by atoms with van der Waals surface area (Å²) in [6.07, 6.45) is 1.50. The van der Waals surface area contributed by atoms with Gasteiger partial charge < -0.3 is 10.2 Å². The van der Waals surface area contributed by atoms with Crippen molar-refractivity contribution in [2.75, 3.05) is 0 Å². The van der Waals surface area contributed by atoms with Gasteiger partial charge in [-0.25, -0.2) is 4.79 Å². The second kappa shape index (κ2) is 2.73. The molecule has 1 aromatic heterocycles. The van der Waals surface area contributed by atoms with Crippen LogP contribution in [0.25, 0.3) is 10.9 Å². The van der Waals surface area contributed by atoms with Crippen molar-refractivity contribution in [2.45, 2.75) is 0 Å². The Morgan fingerprint density at radius 3 is 2.86 bits per heavy atom. The molecule has 0 aliphatic carbocycles. The molecule has 1 aromatic carbocycles. The number of fused-ring (bicyclic) bond motifs is 1. The summed E-state index contributed by atoms with van der Waals surface area (Å²) in [5, 5.41) is 22.7. The molecule has 72 valence electrons. The first-order chi connectivity index (χ1) is 6.59. The average molecular weight is 192 g/mol. The highest BCUT2D eigenvalue weighted by Gasteiger charge is 2.10. The van der Waals surface area contributed by atoms with Crippen molar-refractivity contribution in [2.24, 2.45) is 7.05 Å². The van der Waals surface area contributed by atoms with Gasteiger partial charge in [-0.05, 0) is 12.1 Å². The van der Waals surface area contributed by atoms with Crippen LogP contribution in [0.4, 0.5) is 0 Å². The summed E-state index contributed by atoms with van der Waals surface area (Å²) in [5.41, 5.74) is 0.654. The number of hydrogen-bond donors (Lipinski definition) is 2. The topological polar surface area (TPSA) is 75.3 Å². The van der Waals surface area contributed by atoms with E-state index in [2.05, 4.69) is 5.10 Å². The number of nitrogens with zero attached hydrogens (tertiary/aromatic N) is 2. The molecule has 5 nitrogen and oxygen atoms in total. The largest absolute Gasteiger partial charge is 0.507 e. The third kappa shape index (κ3) is 1.10. The van der Waals surface area contributed by atoms with Crippen LogP contribution in [0.15, 0.2) is 18.3 Å². The van der Waals surface area contributed by atoms with E-state index in [9.17, 15) is 9.90 Å². The monoisotopic (exact) mass is 192 g/mol. The molecule has 0 aliphatic rings. The van der Waals surface area contributed by atoms with Crippen LogP contribution in [0.1, 0.15) is 10.4 Å². The molecule has 0 bridgehead atoms.